The molecule has 18 heavy (non-hydrogen) atoms. The first-order valence-corrected chi connectivity index (χ1v) is 7.17. The Balaban J connectivity index is 2.14. The Morgan fingerprint density at radius 3 is 2.50 bits per heavy atom. The van der Waals surface area contributed by atoms with Gasteiger partial charge in [0.15, 0.2) is 0 Å². The van der Waals surface area contributed by atoms with Crippen LogP contribution in [0.25, 0.3) is 0 Å². The lowest BCUT2D eigenvalue weighted by Gasteiger charge is -2.18. The van der Waals surface area contributed by atoms with E-state index < -0.39 is 0 Å². The molecule has 0 amide bonds. The van der Waals surface area contributed by atoms with Crippen LogP contribution in [-0.4, -0.2) is 18.7 Å². The number of para-hydroxylation sites is 1. The Kier molecular flexibility index (Phi) is 7.51. The molecular weight excluding hydrogens is 222 g/mol. The number of rotatable bonds is 9. The van der Waals surface area contributed by atoms with Crippen LogP contribution in [-0.2, 0) is 0 Å². The van der Waals surface area contributed by atoms with E-state index in [2.05, 4.69) is 26.1 Å². The van der Waals surface area contributed by atoms with Crippen LogP contribution in [0.5, 0.6) is 5.75 Å². The molecule has 0 saturated heterocycles. The van der Waals surface area contributed by atoms with Crippen LogP contribution in [0.1, 0.15) is 46.5 Å². The topological polar surface area (TPSA) is 21.3 Å². The summed E-state index contributed by atoms with van der Waals surface area (Å²) in [6.45, 7) is 7.75. The summed E-state index contributed by atoms with van der Waals surface area (Å²) in [5.41, 5.74) is 0. The summed E-state index contributed by atoms with van der Waals surface area (Å²) in [5.74, 6) is 0.969. The average molecular weight is 249 g/mol. The Labute approximate surface area is 112 Å². The van der Waals surface area contributed by atoms with Crippen LogP contribution >= 0.6 is 0 Å². The second-order valence-electron chi connectivity index (χ2n) is 5.03. The first-order chi connectivity index (χ1) is 8.72. The fraction of sp³-hybridized carbons (Fsp3) is 0.625. The first-order valence-electron chi connectivity index (χ1n) is 7.17. The van der Waals surface area contributed by atoms with Gasteiger partial charge in [-0.15, -0.1) is 0 Å². The third kappa shape index (κ3) is 6.65. The molecular formula is C16H27NO. The molecule has 2 nitrogen and oxygen atoms in total. The van der Waals surface area contributed by atoms with Gasteiger partial charge in [-0.25, -0.2) is 0 Å². The van der Waals surface area contributed by atoms with Crippen LogP contribution in [0.15, 0.2) is 30.3 Å². The van der Waals surface area contributed by atoms with E-state index in [1.54, 1.807) is 0 Å². The van der Waals surface area contributed by atoms with Crippen molar-refractivity contribution in [1.82, 2.24) is 5.32 Å². The van der Waals surface area contributed by atoms with Crippen molar-refractivity contribution in [3.63, 3.8) is 0 Å². The number of hydrogen-bond acceptors (Lipinski definition) is 2. The summed E-state index contributed by atoms with van der Waals surface area (Å²) in [5, 5.41) is 3.55. The second-order valence-corrected chi connectivity index (χ2v) is 5.03. The molecule has 2 heteroatoms. The van der Waals surface area contributed by atoms with Crippen molar-refractivity contribution in [2.24, 2.45) is 0 Å². The number of ether oxygens (including phenoxy) is 1. The molecule has 1 aromatic rings. The van der Waals surface area contributed by atoms with Gasteiger partial charge in [0.25, 0.3) is 0 Å². The van der Waals surface area contributed by atoms with Crippen molar-refractivity contribution in [2.45, 2.75) is 58.6 Å². The summed E-state index contributed by atoms with van der Waals surface area (Å²) in [7, 11) is 0. The van der Waals surface area contributed by atoms with E-state index in [0.717, 1.165) is 25.1 Å². The highest BCUT2D eigenvalue weighted by molar-refractivity contribution is 5.21. The summed E-state index contributed by atoms with van der Waals surface area (Å²) >= 11 is 0. The zero-order valence-corrected chi connectivity index (χ0v) is 12.0. The average Bonchev–Trinajstić information content (AvgIpc) is 2.38. The van der Waals surface area contributed by atoms with Gasteiger partial charge >= 0.3 is 0 Å². The van der Waals surface area contributed by atoms with Gasteiger partial charge in [-0.05, 0) is 51.8 Å². The van der Waals surface area contributed by atoms with E-state index in [4.69, 9.17) is 4.74 Å². The normalized spacial score (nSPS) is 14.2. The van der Waals surface area contributed by atoms with Gasteiger partial charge in [-0.3, -0.25) is 0 Å². The van der Waals surface area contributed by atoms with E-state index >= 15 is 0 Å². The van der Waals surface area contributed by atoms with Crippen LogP contribution in [0.4, 0.5) is 0 Å². The molecule has 0 saturated carbocycles. The number of benzene rings is 1. The monoisotopic (exact) mass is 249 g/mol. The quantitative estimate of drug-likeness (QED) is 0.668. The maximum absolute atomic E-state index is 5.86. The van der Waals surface area contributed by atoms with E-state index in [-0.39, 0.29) is 6.10 Å². The summed E-state index contributed by atoms with van der Waals surface area (Å²) in [6, 6.07) is 10.6. The zero-order chi connectivity index (χ0) is 13.2. The highest BCUT2D eigenvalue weighted by atomic mass is 16.5. The standard InChI is InChI=1S/C16H27NO/c1-4-5-13-17-14(2)11-12-15(3)18-16-9-7-6-8-10-16/h6-10,14-15,17H,4-5,11-13H2,1-3H3. The number of unbranched alkanes of at least 4 members (excludes halogenated alkanes) is 1. The molecule has 0 bridgehead atoms. The van der Waals surface area contributed by atoms with Crippen molar-refractivity contribution in [3.05, 3.63) is 30.3 Å². The highest BCUT2D eigenvalue weighted by Gasteiger charge is 2.07. The van der Waals surface area contributed by atoms with Gasteiger partial charge in [0.05, 0.1) is 6.10 Å². The SMILES string of the molecule is CCCCNC(C)CCC(C)Oc1ccccc1. The Hall–Kier alpha value is -1.02. The molecule has 0 spiro atoms. The van der Waals surface area contributed by atoms with Gasteiger partial charge in [-0.1, -0.05) is 31.5 Å². The van der Waals surface area contributed by atoms with Crippen molar-refractivity contribution in [1.29, 1.82) is 0 Å². The van der Waals surface area contributed by atoms with E-state index in [0.29, 0.717) is 6.04 Å². The lowest BCUT2D eigenvalue weighted by Crippen LogP contribution is -2.28. The van der Waals surface area contributed by atoms with Gasteiger partial charge in [-0.2, -0.15) is 0 Å². The molecule has 102 valence electrons. The minimum Gasteiger partial charge on any atom is -0.491 e. The van der Waals surface area contributed by atoms with Gasteiger partial charge in [0, 0.05) is 6.04 Å². The fourth-order valence-corrected chi connectivity index (χ4v) is 1.90. The maximum Gasteiger partial charge on any atom is 0.119 e. The van der Waals surface area contributed by atoms with Gasteiger partial charge in [0.1, 0.15) is 5.75 Å². The molecule has 0 aliphatic carbocycles. The Morgan fingerprint density at radius 1 is 1.11 bits per heavy atom. The van der Waals surface area contributed by atoms with Crippen LogP contribution in [0.2, 0.25) is 0 Å². The largest absolute Gasteiger partial charge is 0.491 e. The first kappa shape index (κ1) is 15.0. The lowest BCUT2D eigenvalue weighted by molar-refractivity contribution is 0.202. The third-order valence-corrected chi connectivity index (χ3v) is 3.11. The van der Waals surface area contributed by atoms with Crippen molar-refractivity contribution < 1.29 is 4.74 Å². The molecule has 0 aromatic heterocycles. The molecule has 0 aliphatic heterocycles. The molecule has 0 heterocycles. The molecule has 2 atom stereocenters. The molecule has 1 rings (SSSR count). The van der Waals surface area contributed by atoms with Crippen LogP contribution in [0.3, 0.4) is 0 Å². The molecule has 1 aromatic carbocycles. The molecule has 0 fully saturated rings. The van der Waals surface area contributed by atoms with E-state index in [1.165, 1.54) is 12.8 Å². The minimum atomic E-state index is 0.280. The maximum atomic E-state index is 5.86. The summed E-state index contributed by atoms with van der Waals surface area (Å²) in [4.78, 5) is 0. The molecule has 0 radical (unpaired) electrons. The zero-order valence-electron chi connectivity index (χ0n) is 12.0. The molecule has 0 aliphatic rings. The minimum absolute atomic E-state index is 0.280. The van der Waals surface area contributed by atoms with Crippen molar-refractivity contribution in [3.8, 4) is 5.75 Å². The third-order valence-electron chi connectivity index (χ3n) is 3.11. The summed E-state index contributed by atoms with van der Waals surface area (Å²) < 4.78 is 5.86. The molecule has 1 N–H and O–H groups in total. The second kappa shape index (κ2) is 8.98. The number of nitrogens with one attached hydrogen (secondary N) is 1. The number of hydrogen-bond donors (Lipinski definition) is 1. The van der Waals surface area contributed by atoms with Gasteiger partial charge < -0.3 is 10.1 Å². The van der Waals surface area contributed by atoms with Crippen LogP contribution < -0.4 is 10.1 Å². The van der Waals surface area contributed by atoms with E-state index in [1.807, 2.05) is 30.3 Å². The smallest absolute Gasteiger partial charge is 0.119 e. The molecule has 2 unspecified atom stereocenters. The van der Waals surface area contributed by atoms with E-state index in [9.17, 15) is 0 Å². The van der Waals surface area contributed by atoms with Crippen molar-refractivity contribution >= 4 is 0 Å². The lowest BCUT2D eigenvalue weighted by atomic mass is 10.1. The predicted octanol–water partition coefficient (Wildman–Crippen LogP) is 4.01. The van der Waals surface area contributed by atoms with Crippen LogP contribution in [0, 0.1) is 0 Å². The van der Waals surface area contributed by atoms with Gasteiger partial charge in [0.2, 0.25) is 0 Å². The highest BCUT2D eigenvalue weighted by Crippen LogP contribution is 2.13. The Morgan fingerprint density at radius 2 is 1.83 bits per heavy atom. The summed E-state index contributed by atoms with van der Waals surface area (Å²) in [6.07, 6.45) is 5.06. The fourth-order valence-electron chi connectivity index (χ4n) is 1.90. The van der Waals surface area contributed by atoms with Crippen molar-refractivity contribution in [2.75, 3.05) is 6.54 Å². The Bertz CT molecular complexity index is 299. The predicted molar refractivity (Wildman–Crippen MR) is 78.1 cm³/mol.